The monoisotopic (exact) mass is 304 g/mol. The molecule has 1 saturated heterocycles. The van der Waals surface area contributed by atoms with Gasteiger partial charge in [-0.2, -0.15) is 0 Å². The summed E-state index contributed by atoms with van der Waals surface area (Å²) in [6.07, 6.45) is 10.9. The minimum Gasteiger partial charge on any atom is -0.393 e. The van der Waals surface area contributed by atoms with Crippen LogP contribution in [0.1, 0.15) is 72.1 Å². The Morgan fingerprint density at radius 3 is 2.50 bits per heavy atom. The maximum absolute atomic E-state index is 10.5. The molecule has 9 atom stereocenters. The second kappa shape index (κ2) is 4.11. The van der Waals surface area contributed by atoms with Crippen molar-refractivity contribution in [2.24, 2.45) is 34.5 Å². The third-order valence-electron chi connectivity index (χ3n) is 9.28. The Balaban J connectivity index is 1.48. The molecule has 1 heterocycles. The highest BCUT2D eigenvalue weighted by Gasteiger charge is 2.67. The number of epoxide rings is 1. The Labute approximate surface area is 135 Å². The first kappa shape index (κ1) is 14.3. The quantitative estimate of drug-likeness (QED) is 0.682. The highest BCUT2D eigenvalue weighted by molar-refractivity contribution is 5.16. The average molecular weight is 304 g/mol. The van der Waals surface area contributed by atoms with Crippen molar-refractivity contribution in [3.63, 3.8) is 0 Å². The molecule has 22 heavy (non-hydrogen) atoms. The van der Waals surface area contributed by atoms with Crippen LogP contribution < -0.4 is 0 Å². The predicted molar refractivity (Wildman–Crippen MR) is 86.4 cm³/mol. The maximum Gasteiger partial charge on any atom is 0.0926 e. The van der Waals surface area contributed by atoms with E-state index >= 15 is 0 Å². The van der Waals surface area contributed by atoms with Gasteiger partial charge in [0.05, 0.1) is 17.8 Å². The summed E-state index contributed by atoms with van der Waals surface area (Å²) in [6, 6.07) is 0. The molecule has 124 valence electrons. The van der Waals surface area contributed by atoms with Crippen LogP contribution in [0.2, 0.25) is 0 Å². The lowest BCUT2D eigenvalue weighted by atomic mass is 9.44. The van der Waals surface area contributed by atoms with Gasteiger partial charge in [0.25, 0.3) is 0 Å². The standard InChI is InChI=1S/C20H32O2/c1-18-9-8-15-13(14(18)6-7-16(18)21)5-4-12-10-17-20(3,22-17)11-19(12,15)2/h12-17,21H,4-11H2,1-3H3/t12-,13-,14-,15-,16-,17+,18-,19-,20-/m0/s1. The second-order valence-corrected chi connectivity index (χ2v) is 10.1. The molecule has 0 aromatic rings. The van der Waals surface area contributed by atoms with Crippen molar-refractivity contribution in [3.05, 3.63) is 0 Å². The number of fused-ring (bicyclic) bond motifs is 6. The van der Waals surface area contributed by atoms with Crippen LogP contribution in [0.15, 0.2) is 0 Å². The van der Waals surface area contributed by atoms with Crippen molar-refractivity contribution >= 4 is 0 Å². The van der Waals surface area contributed by atoms with Gasteiger partial charge in [-0.15, -0.1) is 0 Å². The van der Waals surface area contributed by atoms with Gasteiger partial charge in [0.1, 0.15) is 0 Å². The molecule has 5 aliphatic rings. The number of hydrogen-bond donors (Lipinski definition) is 1. The predicted octanol–water partition coefficient (Wildman–Crippen LogP) is 4.16. The Morgan fingerprint density at radius 1 is 0.909 bits per heavy atom. The summed E-state index contributed by atoms with van der Waals surface area (Å²) in [6.45, 7) is 7.35. The maximum atomic E-state index is 10.5. The molecular formula is C20H32O2. The van der Waals surface area contributed by atoms with E-state index in [1.807, 2.05) is 0 Å². The molecule has 5 fully saturated rings. The van der Waals surface area contributed by atoms with E-state index in [2.05, 4.69) is 20.8 Å². The summed E-state index contributed by atoms with van der Waals surface area (Å²) in [5, 5.41) is 10.5. The number of aliphatic hydroxyl groups excluding tert-OH is 1. The van der Waals surface area contributed by atoms with E-state index in [1.165, 1.54) is 44.9 Å². The van der Waals surface area contributed by atoms with Gasteiger partial charge in [-0.05, 0) is 92.8 Å². The smallest absolute Gasteiger partial charge is 0.0926 e. The van der Waals surface area contributed by atoms with Crippen LogP contribution in [0, 0.1) is 34.5 Å². The molecule has 1 aliphatic heterocycles. The Kier molecular flexibility index (Phi) is 2.67. The van der Waals surface area contributed by atoms with E-state index in [-0.39, 0.29) is 17.1 Å². The van der Waals surface area contributed by atoms with E-state index < -0.39 is 0 Å². The highest BCUT2D eigenvalue weighted by atomic mass is 16.6. The number of rotatable bonds is 0. The fourth-order valence-electron chi connectivity index (χ4n) is 7.93. The topological polar surface area (TPSA) is 32.8 Å². The SMILES string of the molecule is C[C@]12C[C@]3(C)O[C@@H]3C[C@@H]1CC[C@@H]1[C@@H]2CC[C@]2(C)[C@@H](O)CC[C@@H]12. The average Bonchev–Trinajstić information content (AvgIpc) is 3.00. The van der Waals surface area contributed by atoms with Gasteiger partial charge in [-0.3, -0.25) is 0 Å². The van der Waals surface area contributed by atoms with Crippen LogP contribution >= 0.6 is 0 Å². The summed E-state index contributed by atoms with van der Waals surface area (Å²) >= 11 is 0. The van der Waals surface area contributed by atoms with Gasteiger partial charge in [-0.25, -0.2) is 0 Å². The van der Waals surface area contributed by atoms with E-state index in [9.17, 15) is 5.11 Å². The van der Waals surface area contributed by atoms with Gasteiger partial charge in [0.15, 0.2) is 0 Å². The fraction of sp³-hybridized carbons (Fsp3) is 1.00. The van der Waals surface area contributed by atoms with E-state index in [0.29, 0.717) is 11.5 Å². The summed E-state index contributed by atoms with van der Waals surface area (Å²) in [5.41, 5.74) is 0.935. The summed E-state index contributed by atoms with van der Waals surface area (Å²) in [4.78, 5) is 0. The molecule has 0 bridgehead atoms. The molecule has 4 aliphatic carbocycles. The zero-order valence-corrected chi connectivity index (χ0v) is 14.5. The van der Waals surface area contributed by atoms with Crippen LogP contribution in [0.25, 0.3) is 0 Å². The van der Waals surface area contributed by atoms with Gasteiger partial charge in [0.2, 0.25) is 0 Å². The second-order valence-electron chi connectivity index (χ2n) is 10.1. The molecule has 0 spiro atoms. The third-order valence-corrected chi connectivity index (χ3v) is 9.28. The minimum absolute atomic E-state index is 0.0380. The Morgan fingerprint density at radius 2 is 1.68 bits per heavy atom. The van der Waals surface area contributed by atoms with Crippen molar-refractivity contribution < 1.29 is 9.84 Å². The minimum atomic E-state index is -0.0380. The normalized spacial score (nSPS) is 66.0. The van der Waals surface area contributed by atoms with Gasteiger partial charge in [-0.1, -0.05) is 13.8 Å². The molecule has 2 nitrogen and oxygen atoms in total. The molecule has 0 unspecified atom stereocenters. The largest absolute Gasteiger partial charge is 0.393 e. The van der Waals surface area contributed by atoms with E-state index in [4.69, 9.17) is 4.74 Å². The van der Waals surface area contributed by atoms with Crippen LogP contribution in [-0.4, -0.2) is 22.9 Å². The zero-order valence-electron chi connectivity index (χ0n) is 14.5. The molecule has 0 amide bonds. The molecule has 5 rings (SSSR count). The first-order valence-corrected chi connectivity index (χ1v) is 9.73. The number of hydrogen-bond acceptors (Lipinski definition) is 2. The number of aliphatic hydroxyl groups is 1. The van der Waals surface area contributed by atoms with E-state index in [0.717, 1.165) is 30.1 Å². The van der Waals surface area contributed by atoms with Crippen molar-refractivity contribution in [1.29, 1.82) is 0 Å². The van der Waals surface area contributed by atoms with Gasteiger partial charge < -0.3 is 9.84 Å². The molecule has 0 aromatic heterocycles. The summed E-state index contributed by atoms with van der Waals surface area (Å²) < 4.78 is 6.09. The van der Waals surface area contributed by atoms with Gasteiger partial charge >= 0.3 is 0 Å². The van der Waals surface area contributed by atoms with Crippen molar-refractivity contribution in [2.75, 3.05) is 0 Å². The molecular weight excluding hydrogens is 272 g/mol. The molecule has 0 aromatic carbocycles. The van der Waals surface area contributed by atoms with Crippen molar-refractivity contribution in [1.82, 2.24) is 0 Å². The van der Waals surface area contributed by atoms with Crippen LogP contribution in [0.5, 0.6) is 0 Å². The Bertz CT molecular complexity index is 504. The van der Waals surface area contributed by atoms with Gasteiger partial charge in [0, 0.05) is 0 Å². The first-order valence-electron chi connectivity index (χ1n) is 9.73. The van der Waals surface area contributed by atoms with Crippen molar-refractivity contribution in [2.45, 2.75) is 89.9 Å². The highest BCUT2D eigenvalue weighted by Crippen LogP contribution is 2.69. The third kappa shape index (κ3) is 1.59. The molecule has 2 heteroatoms. The van der Waals surface area contributed by atoms with Crippen LogP contribution in [0.3, 0.4) is 0 Å². The van der Waals surface area contributed by atoms with Crippen LogP contribution in [-0.2, 0) is 4.74 Å². The van der Waals surface area contributed by atoms with Crippen LogP contribution in [0.4, 0.5) is 0 Å². The number of ether oxygens (including phenoxy) is 1. The zero-order chi connectivity index (χ0) is 15.3. The van der Waals surface area contributed by atoms with Crippen molar-refractivity contribution in [3.8, 4) is 0 Å². The lowest BCUT2D eigenvalue weighted by Gasteiger charge is -2.60. The molecule has 4 saturated carbocycles. The lowest BCUT2D eigenvalue weighted by molar-refractivity contribution is -0.121. The fourth-order valence-corrected chi connectivity index (χ4v) is 7.93. The Hall–Kier alpha value is -0.0800. The first-order chi connectivity index (χ1) is 10.4. The summed E-state index contributed by atoms with van der Waals surface area (Å²) in [7, 11) is 0. The van der Waals surface area contributed by atoms with E-state index in [1.54, 1.807) is 0 Å². The lowest BCUT2D eigenvalue weighted by Crippen LogP contribution is -2.55. The molecule has 1 N–H and O–H groups in total. The summed E-state index contributed by atoms with van der Waals surface area (Å²) in [5.74, 6) is 3.43. The molecule has 0 radical (unpaired) electrons.